The molecular formula is C24H36IN3O5. The Balaban J connectivity index is 0.00000544. The molecule has 0 fully saturated rings. The van der Waals surface area contributed by atoms with Crippen LogP contribution in [0.3, 0.4) is 0 Å². The van der Waals surface area contributed by atoms with E-state index < -0.39 is 0 Å². The number of rotatable bonds is 13. The zero-order valence-corrected chi connectivity index (χ0v) is 22.4. The first-order valence-corrected chi connectivity index (χ1v) is 10.6. The standard InChI is InChI=1S/C24H35N3O5.HI/c1-18-7-8-19(23(13-18)32-12-11-28-3)17-27-24(25-2)26-9-6-10-31-22-15-20(29-4)14-21(16-22)30-5;/h7-8,13-16H,6,9-12,17H2,1-5H3,(H2,25,26,27);1H. The van der Waals surface area contributed by atoms with Crippen LogP contribution in [0.5, 0.6) is 23.0 Å². The highest BCUT2D eigenvalue weighted by molar-refractivity contribution is 14.0. The molecular weight excluding hydrogens is 537 g/mol. The first-order valence-electron chi connectivity index (χ1n) is 10.6. The number of hydrogen-bond acceptors (Lipinski definition) is 6. The second-order valence-electron chi connectivity index (χ2n) is 7.06. The molecule has 0 spiro atoms. The fraction of sp³-hybridized carbons (Fsp3) is 0.458. The van der Waals surface area contributed by atoms with Crippen molar-refractivity contribution in [3.63, 3.8) is 0 Å². The maximum Gasteiger partial charge on any atom is 0.191 e. The maximum atomic E-state index is 5.85. The number of aliphatic imine (C=N–C) groups is 1. The Labute approximate surface area is 214 Å². The Bertz CT molecular complexity index is 842. The van der Waals surface area contributed by atoms with E-state index in [1.807, 2.05) is 31.2 Å². The van der Waals surface area contributed by atoms with Crippen LogP contribution in [0, 0.1) is 6.92 Å². The summed E-state index contributed by atoms with van der Waals surface area (Å²) in [6.45, 7) is 4.97. The Morgan fingerprint density at radius 3 is 2.18 bits per heavy atom. The zero-order chi connectivity index (χ0) is 23.2. The van der Waals surface area contributed by atoms with Gasteiger partial charge in [0.05, 0.1) is 27.4 Å². The van der Waals surface area contributed by atoms with Gasteiger partial charge in [-0.15, -0.1) is 24.0 Å². The molecule has 0 bridgehead atoms. The van der Waals surface area contributed by atoms with Gasteiger partial charge in [-0.1, -0.05) is 12.1 Å². The van der Waals surface area contributed by atoms with E-state index in [9.17, 15) is 0 Å². The fourth-order valence-electron chi connectivity index (χ4n) is 2.91. The molecule has 9 heteroatoms. The van der Waals surface area contributed by atoms with Gasteiger partial charge >= 0.3 is 0 Å². The van der Waals surface area contributed by atoms with Crippen molar-refractivity contribution >= 4 is 29.9 Å². The summed E-state index contributed by atoms with van der Waals surface area (Å²) in [6.07, 6.45) is 0.802. The van der Waals surface area contributed by atoms with E-state index in [1.54, 1.807) is 28.4 Å². The summed E-state index contributed by atoms with van der Waals surface area (Å²) in [5, 5.41) is 6.63. The van der Waals surface area contributed by atoms with Crippen LogP contribution < -0.4 is 29.6 Å². The predicted octanol–water partition coefficient (Wildman–Crippen LogP) is 3.79. The minimum atomic E-state index is 0. The second kappa shape index (κ2) is 16.2. The van der Waals surface area contributed by atoms with Crippen LogP contribution in [0.4, 0.5) is 0 Å². The third-order valence-corrected chi connectivity index (χ3v) is 4.64. The van der Waals surface area contributed by atoms with Gasteiger partial charge in [0, 0.05) is 51.0 Å². The van der Waals surface area contributed by atoms with E-state index in [0.29, 0.717) is 50.2 Å². The summed E-state index contributed by atoms with van der Waals surface area (Å²) in [4.78, 5) is 4.29. The van der Waals surface area contributed by atoms with Crippen molar-refractivity contribution in [2.45, 2.75) is 19.9 Å². The number of nitrogens with one attached hydrogen (secondary N) is 2. The average molecular weight is 573 g/mol. The van der Waals surface area contributed by atoms with E-state index >= 15 is 0 Å². The Hall–Kier alpha value is -2.40. The molecule has 0 saturated heterocycles. The number of hydrogen-bond donors (Lipinski definition) is 2. The van der Waals surface area contributed by atoms with Gasteiger partial charge in [0.1, 0.15) is 29.6 Å². The molecule has 0 aliphatic rings. The molecule has 0 aliphatic heterocycles. The molecule has 2 rings (SSSR count). The highest BCUT2D eigenvalue weighted by Crippen LogP contribution is 2.27. The van der Waals surface area contributed by atoms with Crippen molar-refractivity contribution in [2.75, 3.05) is 54.7 Å². The van der Waals surface area contributed by atoms with Crippen LogP contribution in [0.1, 0.15) is 17.5 Å². The average Bonchev–Trinajstić information content (AvgIpc) is 2.81. The molecule has 0 unspecified atom stereocenters. The number of aryl methyl sites for hydroxylation is 1. The second-order valence-corrected chi connectivity index (χ2v) is 7.06. The summed E-state index contributed by atoms with van der Waals surface area (Å²) in [5.41, 5.74) is 2.21. The molecule has 0 saturated carbocycles. The molecule has 0 amide bonds. The largest absolute Gasteiger partial charge is 0.496 e. The molecule has 2 aromatic rings. The van der Waals surface area contributed by atoms with Crippen LogP contribution in [-0.4, -0.2) is 60.7 Å². The van der Waals surface area contributed by atoms with Crippen molar-refractivity contribution in [2.24, 2.45) is 4.99 Å². The van der Waals surface area contributed by atoms with E-state index in [2.05, 4.69) is 27.8 Å². The van der Waals surface area contributed by atoms with Gasteiger partial charge in [-0.05, 0) is 25.0 Å². The third-order valence-electron chi connectivity index (χ3n) is 4.64. The molecule has 0 radical (unpaired) electrons. The normalized spacial score (nSPS) is 10.8. The molecule has 0 atom stereocenters. The number of guanidine groups is 1. The highest BCUT2D eigenvalue weighted by Gasteiger charge is 2.07. The van der Waals surface area contributed by atoms with Gasteiger partial charge in [0.15, 0.2) is 5.96 Å². The zero-order valence-electron chi connectivity index (χ0n) is 20.1. The molecule has 0 aliphatic carbocycles. The molecule has 8 nitrogen and oxygen atoms in total. The van der Waals surface area contributed by atoms with Gasteiger partial charge in [-0.3, -0.25) is 4.99 Å². The summed E-state index contributed by atoms with van der Waals surface area (Å²) in [6, 6.07) is 11.7. The van der Waals surface area contributed by atoms with Gasteiger partial charge in [0.25, 0.3) is 0 Å². The number of benzene rings is 2. The molecule has 0 heterocycles. The van der Waals surface area contributed by atoms with Crippen molar-refractivity contribution in [3.8, 4) is 23.0 Å². The minimum absolute atomic E-state index is 0. The molecule has 0 aromatic heterocycles. The first kappa shape index (κ1) is 28.6. The van der Waals surface area contributed by atoms with Gasteiger partial charge in [-0.2, -0.15) is 0 Å². The topological polar surface area (TPSA) is 82.6 Å². The van der Waals surface area contributed by atoms with Crippen molar-refractivity contribution < 1.29 is 23.7 Å². The minimum Gasteiger partial charge on any atom is -0.496 e. The predicted molar refractivity (Wildman–Crippen MR) is 142 cm³/mol. The van der Waals surface area contributed by atoms with Crippen molar-refractivity contribution in [3.05, 3.63) is 47.5 Å². The van der Waals surface area contributed by atoms with E-state index in [1.165, 1.54) is 0 Å². The lowest BCUT2D eigenvalue weighted by molar-refractivity contribution is 0.145. The van der Waals surface area contributed by atoms with E-state index in [-0.39, 0.29) is 24.0 Å². The third kappa shape index (κ3) is 10.4. The fourth-order valence-corrected chi connectivity index (χ4v) is 2.91. The highest BCUT2D eigenvalue weighted by atomic mass is 127. The van der Waals surface area contributed by atoms with E-state index in [0.717, 1.165) is 29.3 Å². The number of nitrogens with zero attached hydrogens (tertiary/aromatic N) is 1. The monoisotopic (exact) mass is 573 g/mol. The SMILES string of the molecule is CN=C(NCCCOc1cc(OC)cc(OC)c1)NCc1ccc(C)cc1OCCOC.I. The van der Waals surface area contributed by atoms with Gasteiger partial charge in [0.2, 0.25) is 0 Å². The Morgan fingerprint density at radius 2 is 1.55 bits per heavy atom. The van der Waals surface area contributed by atoms with Crippen LogP contribution in [0.15, 0.2) is 41.4 Å². The lowest BCUT2D eigenvalue weighted by Gasteiger charge is -2.15. The van der Waals surface area contributed by atoms with Crippen molar-refractivity contribution in [1.29, 1.82) is 0 Å². The summed E-state index contributed by atoms with van der Waals surface area (Å²) >= 11 is 0. The quantitative estimate of drug-likeness (QED) is 0.163. The number of halogens is 1. The smallest absolute Gasteiger partial charge is 0.191 e. The first-order chi connectivity index (χ1) is 15.6. The Morgan fingerprint density at radius 1 is 0.848 bits per heavy atom. The molecule has 184 valence electrons. The van der Waals surface area contributed by atoms with Crippen LogP contribution >= 0.6 is 24.0 Å². The molecule has 2 aromatic carbocycles. The number of methoxy groups -OCH3 is 3. The van der Waals surface area contributed by atoms with Crippen LogP contribution in [0.2, 0.25) is 0 Å². The summed E-state index contributed by atoms with van der Waals surface area (Å²) in [7, 11) is 6.65. The number of ether oxygens (including phenoxy) is 5. The molecule has 33 heavy (non-hydrogen) atoms. The molecule has 2 N–H and O–H groups in total. The van der Waals surface area contributed by atoms with Crippen molar-refractivity contribution in [1.82, 2.24) is 10.6 Å². The summed E-state index contributed by atoms with van der Waals surface area (Å²) < 4.78 is 27.3. The van der Waals surface area contributed by atoms with E-state index in [4.69, 9.17) is 23.7 Å². The maximum absolute atomic E-state index is 5.85. The lowest BCUT2D eigenvalue weighted by atomic mass is 10.1. The Kier molecular flexibility index (Phi) is 14.1. The van der Waals surface area contributed by atoms with Crippen LogP contribution in [0.25, 0.3) is 0 Å². The van der Waals surface area contributed by atoms with Gasteiger partial charge in [-0.25, -0.2) is 0 Å². The lowest BCUT2D eigenvalue weighted by Crippen LogP contribution is -2.37. The van der Waals surface area contributed by atoms with Gasteiger partial charge < -0.3 is 34.3 Å². The summed E-state index contributed by atoms with van der Waals surface area (Å²) in [5.74, 6) is 3.68. The van der Waals surface area contributed by atoms with Crippen LogP contribution in [-0.2, 0) is 11.3 Å².